The Hall–Kier alpha value is -2.07. The fourth-order valence-electron chi connectivity index (χ4n) is 3.64. The highest BCUT2D eigenvalue weighted by Gasteiger charge is 2.41. The van der Waals surface area contributed by atoms with Crippen LogP contribution in [0.4, 0.5) is 22.4 Å². The minimum atomic E-state index is -2.93. The Morgan fingerprint density at radius 1 is 1.34 bits per heavy atom. The van der Waals surface area contributed by atoms with Gasteiger partial charge in [-0.15, -0.1) is 0 Å². The summed E-state index contributed by atoms with van der Waals surface area (Å²) in [7, 11) is 0. The van der Waals surface area contributed by atoms with Crippen molar-refractivity contribution in [2.75, 3.05) is 13.1 Å². The predicted octanol–water partition coefficient (Wildman–Crippen LogP) is 3.21. The van der Waals surface area contributed by atoms with Gasteiger partial charge in [0.15, 0.2) is 0 Å². The van der Waals surface area contributed by atoms with Gasteiger partial charge < -0.3 is 20.3 Å². The third kappa shape index (κ3) is 4.58. The van der Waals surface area contributed by atoms with Crippen LogP contribution in [0.15, 0.2) is 12.1 Å². The summed E-state index contributed by atoms with van der Waals surface area (Å²) in [5, 5.41) is 4.57. The van der Waals surface area contributed by atoms with E-state index in [-0.39, 0.29) is 37.4 Å². The van der Waals surface area contributed by atoms with Gasteiger partial charge in [-0.3, -0.25) is 4.79 Å². The molecule has 3 rings (SSSR count). The van der Waals surface area contributed by atoms with Crippen molar-refractivity contribution in [3.63, 3.8) is 0 Å². The van der Waals surface area contributed by atoms with Gasteiger partial charge >= 0.3 is 12.6 Å². The topological polar surface area (TPSA) is 70.7 Å². The Balaban J connectivity index is 1.81. The van der Waals surface area contributed by atoms with Gasteiger partial charge in [-0.05, 0) is 31.7 Å². The van der Waals surface area contributed by atoms with Crippen LogP contribution < -0.4 is 10.6 Å². The average molecular weight is 438 g/mol. The summed E-state index contributed by atoms with van der Waals surface area (Å²) in [6.45, 7) is -0.862. The molecule has 2 N–H and O–H groups in total. The fourth-order valence-corrected chi connectivity index (χ4v) is 3.81. The molecule has 2 aliphatic rings. The number of carbonyl (C=O) groups is 2. The molecular weight excluding hydrogens is 418 g/mol. The van der Waals surface area contributed by atoms with Crippen LogP contribution in [0.25, 0.3) is 0 Å². The number of rotatable bonds is 5. The lowest BCUT2D eigenvalue weighted by Crippen LogP contribution is -2.59. The van der Waals surface area contributed by atoms with Gasteiger partial charge in [-0.25, -0.2) is 13.6 Å². The van der Waals surface area contributed by atoms with Crippen molar-refractivity contribution in [2.24, 2.45) is 5.92 Å². The molecule has 11 heteroatoms. The van der Waals surface area contributed by atoms with E-state index < -0.39 is 53.4 Å². The molecule has 1 aromatic carbocycles. The first-order valence-electron chi connectivity index (χ1n) is 9.11. The van der Waals surface area contributed by atoms with Crippen LogP contribution in [0.2, 0.25) is 5.02 Å². The van der Waals surface area contributed by atoms with Crippen LogP contribution in [0.5, 0.6) is 0 Å². The number of urea groups is 1. The molecule has 2 atom stereocenters. The SMILES string of the molecule is C[C@@H]1C(=O)NCCN1C(=O)N[C@@H](c1ccc(F)c(Cl)c1F)C1CC(OC(F)F)C1. The quantitative estimate of drug-likeness (QED) is 0.549. The van der Waals surface area contributed by atoms with Crippen molar-refractivity contribution in [3.8, 4) is 0 Å². The summed E-state index contributed by atoms with van der Waals surface area (Å²) in [4.78, 5) is 25.9. The number of benzene rings is 1. The zero-order valence-corrected chi connectivity index (χ0v) is 16.2. The van der Waals surface area contributed by atoms with Gasteiger partial charge in [0.2, 0.25) is 5.91 Å². The zero-order valence-electron chi connectivity index (χ0n) is 15.4. The Morgan fingerprint density at radius 2 is 2.03 bits per heavy atom. The van der Waals surface area contributed by atoms with Crippen LogP contribution in [0.1, 0.15) is 31.4 Å². The van der Waals surface area contributed by atoms with E-state index in [1.165, 1.54) is 4.90 Å². The Morgan fingerprint density at radius 3 is 2.69 bits per heavy atom. The highest BCUT2D eigenvalue weighted by Crippen LogP contribution is 2.42. The smallest absolute Gasteiger partial charge is 0.345 e. The molecule has 1 heterocycles. The molecule has 2 fully saturated rings. The second-order valence-electron chi connectivity index (χ2n) is 7.10. The van der Waals surface area contributed by atoms with Crippen molar-refractivity contribution in [1.29, 1.82) is 0 Å². The molecule has 0 radical (unpaired) electrons. The Bertz CT molecular complexity index is 792. The lowest BCUT2D eigenvalue weighted by Gasteiger charge is -2.42. The molecule has 1 saturated carbocycles. The minimum Gasteiger partial charge on any atom is -0.353 e. The molecule has 0 aromatic heterocycles. The van der Waals surface area contributed by atoms with E-state index in [4.69, 9.17) is 11.6 Å². The first-order valence-corrected chi connectivity index (χ1v) is 9.48. The number of ether oxygens (including phenoxy) is 1. The van der Waals surface area contributed by atoms with Gasteiger partial charge in [0.25, 0.3) is 0 Å². The number of alkyl halides is 2. The third-order valence-electron chi connectivity index (χ3n) is 5.34. The van der Waals surface area contributed by atoms with Crippen molar-refractivity contribution >= 4 is 23.5 Å². The van der Waals surface area contributed by atoms with Crippen LogP contribution in [-0.2, 0) is 9.53 Å². The number of halogens is 5. The van der Waals surface area contributed by atoms with E-state index in [1.54, 1.807) is 6.92 Å². The molecule has 29 heavy (non-hydrogen) atoms. The number of carbonyl (C=O) groups excluding carboxylic acids is 2. The van der Waals surface area contributed by atoms with Gasteiger partial charge in [0.1, 0.15) is 22.7 Å². The number of piperazine rings is 1. The van der Waals surface area contributed by atoms with Gasteiger partial charge in [-0.1, -0.05) is 17.7 Å². The lowest BCUT2D eigenvalue weighted by molar-refractivity contribution is -0.193. The van der Waals surface area contributed by atoms with Crippen molar-refractivity contribution in [3.05, 3.63) is 34.4 Å². The maximum Gasteiger partial charge on any atom is 0.345 e. The lowest BCUT2D eigenvalue weighted by atomic mass is 9.74. The normalized spacial score (nSPS) is 25.4. The average Bonchev–Trinajstić information content (AvgIpc) is 2.63. The van der Waals surface area contributed by atoms with Crippen LogP contribution >= 0.6 is 11.6 Å². The number of nitrogens with zero attached hydrogens (tertiary/aromatic N) is 1. The molecule has 3 amide bonds. The molecule has 1 aliphatic heterocycles. The van der Waals surface area contributed by atoms with E-state index >= 15 is 0 Å². The summed E-state index contributed by atoms with van der Waals surface area (Å²) >= 11 is 5.67. The summed E-state index contributed by atoms with van der Waals surface area (Å²) in [6.07, 6.45) is -0.419. The van der Waals surface area contributed by atoms with Crippen molar-refractivity contribution in [1.82, 2.24) is 15.5 Å². The van der Waals surface area contributed by atoms with E-state index in [0.717, 1.165) is 12.1 Å². The van der Waals surface area contributed by atoms with Gasteiger partial charge in [0, 0.05) is 18.7 Å². The number of nitrogens with one attached hydrogen (secondary N) is 2. The van der Waals surface area contributed by atoms with E-state index in [9.17, 15) is 27.2 Å². The largest absolute Gasteiger partial charge is 0.353 e. The number of amides is 3. The first kappa shape index (κ1) is 21.6. The molecule has 160 valence electrons. The van der Waals surface area contributed by atoms with Crippen molar-refractivity contribution in [2.45, 2.75) is 44.6 Å². The Labute approximate surface area is 169 Å². The highest BCUT2D eigenvalue weighted by molar-refractivity contribution is 6.31. The van der Waals surface area contributed by atoms with Crippen molar-refractivity contribution < 1.29 is 31.9 Å². The molecule has 1 aromatic rings. The van der Waals surface area contributed by atoms with Crippen LogP contribution in [0, 0.1) is 17.6 Å². The maximum absolute atomic E-state index is 14.6. The second kappa shape index (κ2) is 8.74. The predicted molar refractivity (Wildman–Crippen MR) is 95.4 cm³/mol. The van der Waals surface area contributed by atoms with E-state index in [2.05, 4.69) is 15.4 Å². The first-order chi connectivity index (χ1) is 13.7. The van der Waals surface area contributed by atoms with E-state index in [0.29, 0.717) is 0 Å². The Kier molecular flexibility index (Phi) is 6.52. The molecule has 1 saturated heterocycles. The molecule has 1 aliphatic carbocycles. The monoisotopic (exact) mass is 437 g/mol. The molecular formula is C18H20ClF4N3O3. The van der Waals surface area contributed by atoms with Gasteiger partial charge in [-0.2, -0.15) is 8.78 Å². The number of hydrogen-bond donors (Lipinski definition) is 2. The van der Waals surface area contributed by atoms with Gasteiger partial charge in [0.05, 0.1) is 12.1 Å². The fraction of sp³-hybridized carbons (Fsp3) is 0.556. The molecule has 0 spiro atoms. The summed E-state index contributed by atoms with van der Waals surface area (Å²) in [6, 6.07) is -0.161. The number of hydrogen-bond acceptors (Lipinski definition) is 3. The summed E-state index contributed by atoms with van der Waals surface area (Å²) < 4.78 is 57.4. The second-order valence-corrected chi connectivity index (χ2v) is 7.48. The third-order valence-corrected chi connectivity index (χ3v) is 5.68. The highest BCUT2D eigenvalue weighted by atomic mass is 35.5. The summed E-state index contributed by atoms with van der Waals surface area (Å²) in [5.41, 5.74) is -0.0561. The van der Waals surface area contributed by atoms with Crippen LogP contribution in [-0.4, -0.2) is 48.7 Å². The standard InChI is InChI=1S/C18H20ClF4N3O3/c1-8-16(27)24-4-5-26(8)18(28)25-15(9-6-10(7-9)29-17(22)23)11-2-3-12(20)13(19)14(11)21/h2-3,8-10,15,17H,4-7H2,1H3,(H,24,27)(H,25,28)/t8-,9?,10?,15-/m1/s1. The van der Waals surface area contributed by atoms with E-state index in [1.807, 2.05) is 0 Å². The zero-order chi connectivity index (χ0) is 21.3. The maximum atomic E-state index is 14.6. The summed E-state index contributed by atoms with van der Waals surface area (Å²) in [5.74, 6) is -2.73. The minimum absolute atomic E-state index is 0.0561. The molecule has 0 unspecified atom stereocenters. The molecule has 6 nitrogen and oxygen atoms in total. The molecule has 0 bridgehead atoms. The van der Waals surface area contributed by atoms with Crippen LogP contribution in [0.3, 0.4) is 0 Å².